The summed E-state index contributed by atoms with van der Waals surface area (Å²) < 4.78 is 55.4. The first-order chi connectivity index (χ1) is 13.0. The quantitative estimate of drug-likeness (QED) is 0.718. The minimum absolute atomic E-state index is 0.157. The zero-order chi connectivity index (χ0) is 20.7. The maximum atomic E-state index is 12.9. The van der Waals surface area contributed by atoms with Crippen LogP contribution in [0.25, 0.3) is 0 Å². The molecule has 2 aliphatic heterocycles. The average Bonchev–Trinajstić information content (AvgIpc) is 2.58. The van der Waals surface area contributed by atoms with Gasteiger partial charge >= 0.3 is 6.18 Å². The highest BCUT2D eigenvalue weighted by atomic mass is 19.4. The van der Waals surface area contributed by atoms with E-state index in [4.69, 9.17) is 14.2 Å². The lowest BCUT2D eigenvalue weighted by molar-refractivity contribution is -0.189. The van der Waals surface area contributed by atoms with E-state index in [0.29, 0.717) is 5.75 Å². The molecule has 1 aromatic rings. The van der Waals surface area contributed by atoms with Crippen molar-refractivity contribution in [3.05, 3.63) is 23.3 Å². The van der Waals surface area contributed by atoms with Gasteiger partial charge in [-0.2, -0.15) is 13.2 Å². The van der Waals surface area contributed by atoms with Crippen LogP contribution in [0.2, 0.25) is 0 Å². The average molecular weight is 401 g/mol. The van der Waals surface area contributed by atoms with Crippen molar-refractivity contribution in [1.82, 2.24) is 4.90 Å². The van der Waals surface area contributed by atoms with E-state index in [1.807, 2.05) is 6.07 Å². The summed E-state index contributed by atoms with van der Waals surface area (Å²) in [6, 6.07) is 3.83. The Labute approximate surface area is 164 Å². The zero-order valence-electron chi connectivity index (χ0n) is 17.2. The van der Waals surface area contributed by atoms with Gasteiger partial charge in [0, 0.05) is 19.1 Å². The Morgan fingerprint density at radius 1 is 1.11 bits per heavy atom. The lowest BCUT2D eigenvalue weighted by Gasteiger charge is -2.45. The van der Waals surface area contributed by atoms with Gasteiger partial charge < -0.3 is 14.2 Å². The number of hydrogen-bond acceptors (Lipinski definition) is 4. The normalized spacial score (nSPS) is 24.3. The Hall–Kier alpha value is -1.47. The predicted molar refractivity (Wildman–Crippen MR) is 101 cm³/mol. The lowest BCUT2D eigenvalue weighted by Crippen LogP contribution is -2.47. The second kappa shape index (κ2) is 7.75. The van der Waals surface area contributed by atoms with Gasteiger partial charge in [-0.25, -0.2) is 0 Å². The van der Waals surface area contributed by atoms with Gasteiger partial charge in [-0.05, 0) is 70.2 Å². The van der Waals surface area contributed by atoms with Crippen LogP contribution in [0.15, 0.2) is 12.1 Å². The molecule has 3 rings (SSSR count). The Kier molecular flexibility index (Phi) is 5.88. The first-order valence-electron chi connectivity index (χ1n) is 9.84. The number of hydrogen-bond donors (Lipinski definition) is 0. The Balaban J connectivity index is 1.80. The second-order valence-electron chi connectivity index (χ2n) is 8.69. The molecular weight excluding hydrogens is 371 g/mol. The van der Waals surface area contributed by atoms with Gasteiger partial charge in [0.25, 0.3) is 0 Å². The number of fused-ring (bicyclic) bond motifs is 3. The Morgan fingerprint density at radius 2 is 1.82 bits per heavy atom. The molecule has 0 spiro atoms. The maximum absolute atomic E-state index is 12.9. The lowest BCUT2D eigenvalue weighted by atomic mass is 9.85. The molecule has 0 N–H and O–H groups in total. The molecule has 1 saturated heterocycles. The fraction of sp³-hybridized carbons (Fsp3) is 0.714. The molecule has 1 aromatic carbocycles. The minimum atomic E-state index is -4.41. The first-order valence-corrected chi connectivity index (χ1v) is 9.84. The predicted octanol–water partition coefficient (Wildman–Crippen LogP) is 4.90. The highest BCUT2D eigenvalue weighted by Gasteiger charge is 2.39. The van der Waals surface area contributed by atoms with Crippen LogP contribution in [0.4, 0.5) is 13.2 Å². The highest BCUT2D eigenvalue weighted by Crippen LogP contribution is 2.43. The zero-order valence-corrected chi connectivity index (χ0v) is 17.2. The summed E-state index contributed by atoms with van der Waals surface area (Å²) in [6.45, 7) is 8.95. The van der Waals surface area contributed by atoms with Gasteiger partial charge in [-0.1, -0.05) is 0 Å². The first kappa shape index (κ1) is 21.2. The second-order valence-corrected chi connectivity index (χ2v) is 8.69. The van der Waals surface area contributed by atoms with Crippen molar-refractivity contribution in [3.8, 4) is 11.5 Å². The molecule has 3 atom stereocenters. The molecule has 3 unspecified atom stereocenters. The topological polar surface area (TPSA) is 30.9 Å². The smallest absolute Gasteiger partial charge is 0.425 e. The summed E-state index contributed by atoms with van der Waals surface area (Å²) in [7, 11) is 1.46. The molecule has 0 bridgehead atoms. The van der Waals surface area contributed by atoms with Crippen molar-refractivity contribution in [2.24, 2.45) is 0 Å². The van der Waals surface area contributed by atoms with Crippen LogP contribution in [0, 0.1) is 0 Å². The SMILES string of the molecule is COc1cc2c(cc1OC(C)C(F)(F)F)CCN1CC(OC(C)(C)C)CCC21. The third kappa shape index (κ3) is 4.74. The third-order valence-electron chi connectivity index (χ3n) is 5.38. The van der Waals surface area contributed by atoms with E-state index in [9.17, 15) is 13.2 Å². The molecule has 0 saturated carbocycles. The molecule has 7 heteroatoms. The number of alkyl halides is 3. The van der Waals surface area contributed by atoms with Crippen LogP contribution < -0.4 is 9.47 Å². The van der Waals surface area contributed by atoms with Crippen LogP contribution in [0.1, 0.15) is 57.7 Å². The van der Waals surface area contributed by atoms with E-state index >= 15 is 0 Å². The van der Waals surface area contributed by atoms with Gasteiger partial charge in [-0.15, -0.1) is 0 Å². The largest absolute Gasteiger partial charge is 0.493 e. The van der Waals surface area contributed by atoms with Crippen molar-refractivity contribution < 1.29 is 27.4 Å². The number of ether oxygens (including phenoxy) is 3. The van der Waals surface area contributed by atoms with Crippen LogP contribution in [-0.2, 0) is 11.2 Å². The summed E-state index contributed by atoms with van der Waals surface area (Å²) in [5, 5.41) is 0. The molecule has 0 aromatic heterocycles. The number of rotatable bonds is 4. The minimum Gasteiger partial charge on any atom is -0.493 e. The summed E-state index contributed by atoms with van der Waals surface area (Å²) in [4.78, 5) is 2.42. The standard InChI is InChI=1S/C21H30F3NO3/c1-13(21(22,23)24)27-19-10-14-8-9-25-12-15(28-20(2,3)4)6-7-17(25)16(14)11-18(19)26-5/h10-11,13,15,17H,6-9,12H2,1-5H3. The molecular formula is C21H30F3NO3. The van der Waals surface area contributed by atoms with Gasteiger partial charge in [-0.3, -0.25) is 4.90 Å². The van der Waals surface area contributed by atoms with E-state index in [0.717, 1.165) is 50.4 Å². The van der Waals surface area contributed by atoms with E-state index in [1.165, 1.54) is 7.11 Å². The molecule has 2 heterocycles. The van der Waals surface area contributed by atoms with E-state index < -0.39 is 12.3 Å². The van der Waals surface area contributed by atoms with Gasteiger partial charge in [0.2, 0.25) is 0 Å². The van der Waals surface area contributed by atoms with Crippen LogP contribution >= 0.6 is 0 Å². The van der Waals surface area contributed by atoms with E-state index in [-0.39, 0.29) is 23.5 Å². The highest BCUT2D eigenvalue weighted by molar-refractivity contribution is 5.49. The Morgan fingerprint density at radius 3 is 2.43 bits per heavy atom. The molecule has 2 aliphatic rings. The van der Waals surface area contributed by atoms with Crippen LogP contribution in [0.3, 0.4) is 0 Å². The van der Waals surface area contributed by atoms with Crippen molar-refractivity contribution in [2.45, 2.75) is 77.0 Å². The van der Waals surface area contributed by atoms with Crippen molar-refractivity contribution in [2.75, 3.05) is 20.2 Å². The monoisotopic (exact) mass is 401 g/mol. The number of benzene rings is 1. The van der Waals surface area contributed by atoms with E-state index in [2.05, 4.69) is 25.7 Å². The molecule has 4 nitrogen and oxygen atoms in total. The fourth-order valence-electron chi connectivity index (χ4n) is 4.12. The summed E-state index contributed by atoms with van der Waals surface area (Å²) >= 11 is 0. The van der Waals surface area contributed by atoms with E-state index in [1.54, 1.807) is 6.07 Å². The van der Waals surface area contributed by atoms with Gasteiger partial charge in [0.15, 0.2) is 17.6 Å². The Bertz CT molecular complexity index is 699. The summed E-state index contributed by atoms with van der Waals surface area (Å²) in [6.07, 6.45) is -3.41. The number of piperidine rings is 1. The van der Waals surface area contributed by atoms with Crippen LogP contribution in [0.5, 0.6) is 11.5 Å². The van der Waals surface area contributed by atoms with Crippen molar-refractivity contribution >= 4 is 0 Å². The van der Waals surface area contributed by atoms with Gasteiger partial charge in [0.05, 0.1) is 18.8 Å². The number of methoxy groups -OCH3 is 1. The summed E-state index contributed by atoms with van der Waals surface area (Å²) in [5.74, 6) is 0.508. The molecule has 1 fully saturated rings. The van der Waals surface area contributed by atoms with Crippen molar-refractivity contribution in [1.29, 1.82) is 0 Å². The number of nitrogens with zero attached hydrogens (tertiary/aromatic N) is 1. The maximum Gasteiger partial charge on any atom is 0.425 e. The van der Waals surface area contributed by atoms with Crippen molar-refractivity contribution in [3.63, 3.8) is 0 Å². The molecule has 0 radical (unpaired) electrons. The molecule has 28 heavy (non-hydrogen) atoms. The van der Waals surface area contributed by atoms with Crippen LogP contribution in [-0.4, -0.2) is 49.1 Å². The number of halogens is 3. The fourth-order valence-corrected chi connectivity index (χ4v) is 4.12. The molecule has 158 valence electrons. The molecule has 0 aliphatic carbocycles. The summed E-state index contributed by atoms with van der Waals surface area (Å²) in [5.41, 5.74) is 2.00. The third-order valence-corrected chi connectivity index (χ3v) is 5.38. The van der Waals surface area contributed by atoms with Gasteiger partial charge in [0.1, 0.15) is 0 Å². The molecule has 0 amide bonds.